The zero-order valence-electron chi connectivity index (χ0n) is 11.1. The number of benzene rings is 1. The van der Waals surface area contributed by atoms with Gasteiger partial charge in [0, 0.05) is 18.2 Å². The standard InChI is InChI=1S/C14H19F2NO2/c1-9(2)12(6-7-18)17-13(19)8-10-4-3-5-11(15)14(10)16/h3-5,9,12,18H,6-8H2,1-2H3,(H,17,19). The van der Waals surface area contributed by atoms with Gasteiger partial charge >= 0.3 is 0 Å². The lowest BCUT2D eigenvalue weighted by atomic mass is 10.0. The molecule has 0 radical (unpaired) electrons. The maximum absolute atomic E-state index is 13.4. The second-order valence-corrected chi connectivity index (χ2v) is 4.82. The second-order valence-electron chi connectivity index (χ2n) is 4.82. The molecule has 0 bridgehead atoms. The Morgan fingerprint density at radius 1 is 1.37 bits per heavy atom. The van der Waals surface area contributed by atoms with Crippen LogP contribution >= 0.6 is 0 Å². The number of nitrogens with one attached hydrogen (secondary N) is 1. The minimum absolute atomic E-state index is 0.0303. The van der Waals surface area contributed by atoms with Gasteiger partial charge in [0.25, 0.3) is 0 Å². The first-order valence-electron chi connectivity index (χ1n) is 6.28. The summed E-state index contributed by atoms with van der Waals surface area (Å²) in [6.45, 7) is 3.81. The molecule has 0 aliphatic carbocycles. The van der Waals surface area contributed by atoms with Crippen LogP contribution in [-0.2, 0) is 11.2 Å². The Kier molecular flexibility index (Phi) is 5.89. The van der Waals surface area contributed by atoms with Gasteiger partial charge in [-0.15, -0.1) is 0 Å². The molecule has 19 heavy (non-hydrogen) atoms. The molecule has 1 aromatic carbocycles. The monoisotopic (exact) mass is 271 g/mol. The molecule has 1 amide bonds. The van der Waals surface area contributed by atoms with Crippen molar-refractivity contribution in [1.82, 2.24) is 5.32 Å². The third kappa shape index (κ3) is 4.59. The summed E-state index contributed by atoms with van der Waals surface area (Å²) in [7, 11) is 0. The van der Waals surface area contributed by atoms with E-state index in [-0.39, 0.29) is 36.5 Å². The summed E-state index contributed by atoms with van der Waals surface area (Å²) in [5.74, 6) is -2.16. The Morgan fingerprint density at radius 3 is 2.63 bits per heavy atom. The molecule has 0 aliphatic rings. The third-order valence-corrected chi connectivity index (χ3v) is 2.97. The number of halogens is 2. The van der Waals surface area contributed by atoms with E-state index < -0.39 is 11.6 Å². The Bertz CT molecular complexity index is 435. The third-order valence-electron chi connectivity index (χ3n) is 2.97. The average Bonchev–Trinajstić information content (AvgIpc) is 2.34. The van der Waals surface area contributed by atoms with Crippen LogP contribution in [0.4, 0.5) is 8.78 Å². The Hall–Kier alpha value is -1.49. The zero-order valence-corrected chi connectivity index (χ0v) is 11.1. The van der Waals surface area contributed by atoms with E-state index in [9.17, 15) is 13.6 Å². The Morgan fingerprint density at radius 2 is 2.05 bits per heavy atom. The highest BCUT2D eigenvalue weighted by Gasteiger charge is 2.17. The highest BCUT2D eigenvalue weighted by Crippen LogP contribution is 2.12. The van der Waals surface area contributed by atoms with E-state index >= 15 is 0 Å². The summed E-state index contributed by atoms with van der Waals surface area (Å²) < 4.78 is 26.4. The Balaban J connectivity index is 2.66. The van der Waals surface area contributed by atoms with Gasteiger partial charge in [0.15, 0.2) is 11.6 Å². The molecule has 2 N–H and O–H groups in total. The fourth-order valence-corrected chi connectivity index (χ4v) is 1.83. The largest absolute Gasteiger partial charge is 0.396 e. The van der Waals surface area contributed by atoms with Crippen LogP contribution in [0.1, 0.15) is 25.8 Å². The predicted molar refractivity (Wildman–Crippen MR) is 68.5 cm³/mol. The number of hydrogen-bond acceptors (Lipinski definition) is 2. The lowest BCUT2D eigenvalue weighted by molar-refractivity contribution is -0.121. The molecular weight excluding hydrogens is 252 g/mol. The van der Waals surface area contributed by atoms with Crippen molar-refractivity contribution in [2.45, 2.75) is 32.7 Å². The van der Waals surface area contributed by atoms with Crippen molar-refractivity contribution in [3.05, 3.63) is 35.4 Å². The average molecular weight is 271 g/mol. The molecule has 1 aromatic rings. The van der Waals surface area contributed by atoms with Crippen molar-refractivity contribution in [2.24, 2.45) is 5.92 Å². The topological polar surface area (TPSA) is 49.3 Å². The smallest absolute Gasteiger partial charge is 0.224 e. The number of carbonyl (C=O) groups is 1. The molecule has 0 spiro atoms. The first-order chi connectivity index (χ1) is 8.95. The van der Waals surface area contributed by atoms with E-state index in [1.807, 2.05) is 13.8 Å². The summed E-state index contributed by atoms with van der Waals surface area (Å²) in [6, 6.07) is 3.59. The molecule has 0 aromatic heterocycles. The van der Waals surface area contributed by atoms with Gasteiger partial charge in [0.05, 0.1) is 6.42 Å². The summed E-state index contributed by atoms with van der Waals surface area (Å²) >= 11 is 0. The zero-order chi connectivity index (χ0) is 14.4. The van der Waals surface area contributed by atoms with Gasteiger partial charge in [-0.05, 0) is 18.4 Å². The van der Waals surface area contributed by atoms with E-state index in [2.05, 4.69) is 5.32 Å². The van der Waals surface area contributed by atoms with E-state index in [4.69, 9.17) is 5.11 Å². The number of rotatable bonds is 6. The van der Waals surface area contributed by atoms with Gasteiger partial charge in [-0.2, -0.15) is 0 Å². The first-order valence-corrected chi connectivity index (χ1v) is 6.28. The van der Waals surface area contributed by atoms with E-state index in [1.165, 1.54) is 12.1 Å². The fraction of sp³-hybridized carbons (Fsp3) is 0.500. The summed E-state index contributed by atoms with van der Waals surface area (Å²) in [6.07, 6.45) is 0.229. The van der Waals surface area contributed by atoms with Crippen LogP contribution in [0, 0.1) is 17.6 Å². The van der Waals surface area contributed by atoms with Crippen molar-refractivity contribution >= 4 is 5.91 Å². The van der Waals surface area contributed by atoms with Crippen LogP contribution in [0.25, 0.3) is 0 Å². The first kappa shape index (κ1) is 15.6. The Labute approximate surface area is 111 Å². The highest BCUT2D eigenvalue weighted by molar-refractivity contribution is 5.78. The number of hydrogen-bond donors (Lipinski definition) is 2. The van der Waals surface area contributed by atoms with Gasteiger partial charge in [0.1, 0.15) is 0 Å². The van der Waals surface area contributed by atoms with Crippen LogP contribution in [0.3, 0.4) is 0 Å². The number of aliphatic hydroxyl groups is 1. The molecule has 0 fully saturated rings. The van der Waals surface area contributed by atoms with Crippen molar-refractivity contribution in [2.75, 3.05) is 6.61 Å². The van der Waals surface area contributed by atoms with Crippen LogP contribution in [0.2, 0.25) is 0 Å². The minimum atomic E-state index is -0.985. The van der Waals surface area contributed by atoms with Crippen molar-refractivity contribution in [1.29, 1.82) is 0 Å². The van der Waals surface area contributed by atoms with Gasteiger partial charge in [-0.1, -0.05) is 26.0 Å². The van der Waals surface area contributed by atoms with Gasteiger partial charge in [0.2, 0.25) is 5.91 Å². The van der Waals surface area contributed by atoms with E-state index in [0.29, 0.717) is 6.42 Å². The number of carbonyl (C=O) groups excluding carboxylic acids is 1. The molecule has 5 heteroatoms. The normalized spacial score (nSPS) is 12.5. The van der Waals surface area contributed by atoms with Crippen molar-refractivity contribution in [3.63, 3.8) is 0 Å². The highest BCUT2D eigenvalue weighted by atomic mass is 19.2. The SMILES string of the molecule is CC(C)C(CCO)NC(=O)Cc1cccc(F)c1F. The van der Waals surface area contributed by atoms with Crippen molar-refractivity contribution in [3.8, 4) is 0 Å². The van der Waals surface area contributed by atoms with Crippen LogP contribution in [0.5, 0.6) is 0 Å². The molecule has 1 atom stereocenters. The quantitative estimate of drug-likeness (QED) is 0.831. The fourth-order valence-electron chi connectivity index (χ4n) is 1.83. The molecule has 3 nitrogen and oxygen atoms in total. The summed E-state index contributed by atoms with van der Waals surface area (Å²) in [5.41, 5.74) is 0.0315. The lowest BCUT2D eigenvalue weighted by Crippen LogP contribution is -2.40. The minimum Gasteiger partial charge on any atom is -0.396 e. The summed E-state index contributed by atoms with van der Waals surface area (Å²) in [5, 5.41) is 11.6. The molecule has 0 saturated carbocycles. The van der Waals surface area contributed by atoms with E-state index in [0.717, 1.165) is 6.07 Å². The van der Waals surface area contributed by atoms with Gasteiger partial charge < -0.3 is 10.4 Å². The molecule has 1 unspecified atom stereocenters. The maximum atomic E-state index is 13.4. The van der Waals surface area contributed by atoms with E-state index in [1.54, 1.807) is 0 Å². The van der Waals surface area contributed by atoms with Crippen LogP contribution in [0.15, 0.2) is 18.2 Å². The van der Waals surface area contributed by atoms with Crippen LogP contribution in [-0.4, -0.2) is 23.7 Å². The lowest BCUT2D eigenvalue weighted by Gasteiger charge is -2.21. The van der Waals surface area contributed by atoms with Crippen LogP contribution < -0.4 is 5.32 Å². The van der Waals surface area contributed by atoms with Gasteiger partial charge in [-0.3, -0.25) is 4.79 Å². The molecule has 1 rings (SSSR count). The molecule has 0 saturated heterocycles. The predicted octanol–water partition coefficient (Wildman–Crippen LogP) is 2.03. The number of amides is 1. The number of aliphatic hydroxyl groups excluding tert-OH is 1. The second kappa shape index (κ2) is 7.19. The summed E-state index contributed by atoms with van der Waals surface area (Å²) in [4.78, 5) is 11.8. The molecule has 0 aliphatic heterocycles. The molecule has 106 valence electrons. The maximum Gasteiger partial charge on any atom is 0.224 e. The van der Waals surface area contributed by atoms with Crippen molar-refractivity contribution < 1.29 is 18.7 Å². The molecular formula is C14H19F2NO2. The van der Waals surface area contributed by atoms with Gasteiger partial charge in [-0.25, -0.2) is 8.78 Å². The molecule has 0 heterocycles.